The number of rotatable bonds is 4. The third-order valence-corrected chi connectivity index (χ3v) is 4.04. The van der Waals surface area contributed by atoms with Crippen molar-refractivity contribution in [1.29, 1.82) is 0 Å². The molecule has 0 amide bonds. The largest absolute Gasteiger partial charge is 0.338 e. The van der Waals surface area contributed by atoms with Gasteiger partial charge in [0.25, 0.3) is 0 Å². The average molecular weight is 231 g/mol. The molecule has 1 heterocycles. The van der Waals surface area contributed by atoms with E-state index in [1.807, 2.05) is 12.1 Å². The molecule has 0 fully saturated rings. The molecule has 0 atom stereocenters. The summed E-state index contributed by atoms with van der Waals surface area (Å²) in [7, 11) is -2.90. The molecule has 1 aromatic heterocycles. The maximum atomic E-state index is 11.2. The van der Waals surface area contributed by atoms with Crippen LogP contribution in [-0.4, -0.2) is 24.5 Å². The highest BCUT2D eigenvalue weighted by Crippen LogP contribution is 1.97. The van der Waals surface area contributed by atoms with Gasteiger partial charge in [-0.1, -0.05) is 25.2 Å². The van der Waals surface area contributed by atoms with Gasteiger partial charge in [0.05, 0.1) is 5.75 Å². The number of hydrogen-bond donors (Lipinski definition) is 0. The number of hydrogen-bond acceptors (Lipinski definition) is 3. The highest BCUT2D eigenvalue weighted by molar-refractivity contribution is 7.91. The molecule has 14 heavy (non-hydrogen) atoms. The van der Waals surface area contributed by atoms with Crippen molar-refractivity contribution in [2.24, 2.45) is 0 Å². The monoisotopic (exact) mass is 231 g/mol. The first-order valence-electron chi connectivity index (χ1n) is 4.41. The van der Waals surface area contributed by atoms with E-state index in [-0.39, 0.29) is 11.5 Å². The van der Waals surface area contributed by atoms with Crippen LogP contribution in [0.5, 0.6) is 0 Å². The van der Waals surface area contributed by atoms with Gasteiger partial charge in [0.15, 0.2) is 9.84 Å². The van der Waals surface area contributed by atoms with Crippen LogP contribution >= 0.6 is 12.2 Å². The van der Waals surface area contributed by atoms with Gasteiger partial charge in [0, 0.05) is 18.5 Å². The Bertz CT molecular complexity index is 448. The van der Waals surface area contributed by atoms with Crippen molar-refractivity contribution in [3.8, 4) is 0 Å². The summed E-state index contributed by atoms with van der Waals surface area (Å²) in [5, 5.41) is 0. The molecule has 1 rings (SSSR count). The fraction of sp³-hybridized carbons (Fsp3) is 0.444. The summed E-state index contributed by atoms with van der Waals surface area (Å²) >= 11 is 5.04. The lowest BCUT2D eigenvalue weighted by molar-refractivity contribution is 0.589. The van der Waals surface area contributed by atoms with Crippen molar-refractivity contribution >= 4 is 22.1 Å². The summed E-state index contributed by atoms with van der Waals surface area (Å²) in [4.78, 5) is 0. The van der Waals surface area contributed by atoms with Crippen LogP contribution in [0.25, 0.3) is 0 Å². The summed E-state index contributed by atoms with van der Waals surface area (Å²) in [5.74, 6) is 0.342. The lowest BCUT2D eigenvalue weighted by atomic mass is 10.5. The van der Waals surface area contributed by atoms with Gasteiger partial charge in [-0.05, 0) is 12.1 Å². The molecule has 0 N–H and O–H groups in total. The highest BCUT2D eigenvalue weighted by Gasteiger charge is 2.06. The van der Waals surface area contributed by atoms with E-state index in [0.717, 1.165) is 0 Å². The summed E-state index contributed by atoms with van der Waals surface area (Å²) in [6.07, 6.45) is 1.80. The fourth-order valence-electron chi connectivity index (χ4n) is 1.03. The number of aryl methyl sites for hydroxylation is 1. The first kappa shape index (κ1) is 11.4. The zero-order valence-electron chi connectivity index (χ0n) is 8.01. The van der Waals surface area contributed by atoms with E-state index >= 15 is 0 Å². The van der Waals surface area contributed by atoms with E-state index in [2.05, 4.69) is 0 Å². The molecule has 5 heteroatoms. The van der Waals surface area contributed by atoms with Crippen molar-refractivity contribution in [2.45, 2.75) is 13.5 Å². The van der Waals surface area contributed by atoms with Crippen molar-refractivity contribution in [3.05, 3.63) is 29.0 Å². The van der Waals surface area contributed by atoms with E-state index in [9.17, 15) is 8.42 Å². The highest BCUT2D eigenvalue weighted by atomic mass is 32.2. The summed E-state index contributed by atoms with van der Waals surface area (Å²) in [5.41, 5.74) is 0. The zero-order valence-corrected chi connectivity index (χ0v) is 9.64. The van der Waals surface area contributed by atoms with Crippen LogP contribution in [0.2, 0.25) is 0 Å². The van der Waals surface area contributed by atoms with Gasteiger partial charge < -0.3 is 4.57 Å². The summed E-state index contributed by atoms with van der Waals surface area (Å²) in [6, 6.07) is 5.47. The van der Waals surface area contributed by atoms with Crippen LogP contribution in [0.4, 0.5) is 0 Å². The zero-order chi connectivity index (χ0) is 10.6. The Morgan fingerprint density at radius 1 is 1.43 bits per heavy atom. The van der Waals surface area contributed by atoms with Gasteiger partial charge in [-0.15, -0.1) is 0 Å². The molecular weight excluding hydrogens is 218 g/mol. The Morgan fingerprint density at radius 3 is 2.71 bits per heavy atom. The minimum absolute atomic E-state index is 0.155. The molecular formula is C9H13NO2S2. The lowest BCUT2D eigenvalue weighted by Gasteiger charge is -2.05. The van der Waals surface area contributed by atoms with E-state index in [1.165, 1.54) is 0 Å². The molecule has 3 nitrogen and oxygen atoms in total. The van der Waals surface area contributed by atoms with Crippen molar-refractivity contribution in [2.75, 3.05) is 11.5 Å². The fourth-order valence-corrected chi connectivity index (χ4v) is 2.02. The van der Waals surface area contributed by atoms with Crippen molar-refractivity contribution in [3.63, 3.8) is 0 Å². The number of aromatic nitrogens is 1. The molecule has 0 aliphatic heterocycles. The van der Waals surface area contributed by atoms with Crippen LogP contribution in [0.15, 0.2) is 24.4 Å². The van der Waals surface area contributed by atoms with Crippen LogP contribution in [0.1, 0.15) is 6.92 Å². The first-order chi connectivity index (χ1) is 6.55. The van der Waals surface area contributed by atoms with Gasteiger partial charge in [-0.2, -0.15) is 0 Å². The van der Waals surface area contributed by atoms with Gasteiger partial charge in [-0.25, -0.2) is 8.42 Å². The van der Waals surface area contributed by atoms with Crippen LogP contribution in [0, 0.1) is 4.64 Å². The second kappa shape index (κ2) is 4.70. The molecule has 0 aliphatic carbocycles. The normalized spacial score (nSPS) is 11.5. The van der Waals surface area contributed by atoms with Crippen LogP contribution < -0.4 is 0 Å². The predicted octanol–water partition coefficient (Wildman–Crippen LogP) is 1.65. The first-order valence-corrected chi connectivity index (χ1v) is 6.64. The molecule has 0 saturated carbocycles. The molecule has 0 aliphatic rings. The lowest BCUT2D eigenvalue weighted by Crippen LogP contribution is -2.14. The molecule has 0 spiro atoms. The summed E-state index contributed by atoms with van der Waals surface area (Å²) in [6.45, 7) is 2.09. The number of nitrogens with zero attached hydrogens (tertiary/aromatic N) is 1. The number of sulfone groups is 1. The molecule has 0 radical (unpaired) electrons. The average Bonchev–Trinajstić information content (AvgIpc) is 2.17. The molecule has 1 aromatic rings. The maximum absolute atomic E-state index is 11.2. The minimum atomic E-state index is -2.90. The van der Waals surface area contributed by atoms with E-state index in [0.29, 0.717) is 11.2 Å². The van der Waals surface area contributed by atoms with Crippen molar-refractivity contribution in [1.82, 2.24) is 4.57 Å². The SMILES string of the molecule is CCS(=O)(=O)CCn1ccccc1=S. The number of pyridine rings is 1. The standard InChI is InChI=1S/C9H13NO2S2/c1-2-14(11,12)8-7-10-6-4-3-5-9(10)13/h3-6H,2,7-8H2,1H3. The third-order valence-electron chi connectivity index (χ3n) is 1.98. The minimum Gasteiger partial charge on any atom is -0.338 e. The van der Waals surface area contributed by atoms with Gasteiger partial charge in [-0.3, -0.25) is 0 Å². The Kier molecular flexibility index (Phi) is 3.83. The van der Waals surface area contributed by atoms with Gasteiger partial charge in [0.1, 0.15) is 4.64 Å². The third kappa shape index (κ3) is 3.23. The Hall–Kier alpha value is -0.680. The maximum Gasteiger partial charge on any atom is 0.151 e. The second-order valence-corrected chi connectivity index (χ2v) is 5.86. The molecule has 0 unspecified atom stereocenters. The van der Waals surface area contributed by atoms with Crippen LogP contribution in [-0.2, 0) is 16.4 Å². The Labute approximate surface area is 89.3 Å². The van der Waals surface area contributed by atoms with E-state index < -0.39 is 9.84 Å². The quantitative estimate of drug-likeness (QED) is 0.740. The summed E-state index contributed by atoms with van der Waals surface area (Å²) < 4.78 is 24.9. The molecule has 0 bridgehead atoms. The second-order valence-electron chi connectivity index (χ2n) is 2.97. The van der Waals surface area contributed by atoms with E-state index in [1.54, 1.807) is 23.8 Å². The van der Waals surface area contributed by atoms with E-state index in [4.69, 9.17) is 12.2 Å². The van der Waals surface area contributed by atoms with Crippen molar-refractivity contribution < 1.29 is 8.42 Å². The predicted molar refractivity (Wildman–Crippen MR) is 59.6 cm³/mol. The molecule has 0 saturated heterocycles. The topological polar surface area (TPSA) is 39.1 Å². The van der Waals surface area contributed by atoms with Crippen LogP contribution in [0.3, 0.4) is 0 Å². The smallest absolute Gasteiger partial charge is 0.151 e. The molecule has 78 valence electrons. The Morgan fingerprint density at radius 2 is 2.14 bits per heavy atom. The Balaban J connectivity index is 2.73. The molecule has 0 aromatic carbocycles. The van der Waals surface area contributed by atoms with Gasteiger partial charge >= 0.3 is 0 Å². The van der Waals surface area contributed by atoms with Gasteiger partial charge in [0.2, 0.25) is 0 Å².